The van der Waals surface area contributed by atoms with Gasteiger partial charge in [-0.1, -0.05) is 5.11 Å². The second-order valence-corrected chi connectivity index (χ2v) is 5.26. The standard InChI is InChI=1S/C12H21N5O2/c1-19-11(18)12(14-6-2-7-15-16-13)5-8-17(9-12)10-3-4-10/h10,14H,2-9H2,1H3. The molecule has 1 atom stereocenters. The lowest BCUT2D eigenvalue weighted by Gasteiger charge is -2.28. The Morgan fingerprint density at radius 3 is 3.05 bits per heavy atom. The van der Waals surface area contributed by atoms with Crippen LogP contribution in [0.1, 0.15) is 25.7 Å². The maximum Gasteiger partial charge on any atom is 0.327 e. The second kappa shape index (κ2) is 6.23. The summed E-state index contributed by atoms with van der Waals surface area (Å²) in [5.41, 5.74) is 7.64. The Morgan fingerprint density at radius 2 is 2.42 bits per heavy atom. The smallest absolute Gasteiger partial charge is 0.327 e. The summed E-state index contributed by atoms with van der Waals surface area (Å²) >= 11 is 0. The molecular formula is C12H21N5O2. The first kappa shape index (κ1) is 14.1. The quantitative estimate of drug-likeness (QED) is 0.245. The van der Waals surface area contributed by atoms with Crippen LogP contribution in [-0.2, 0) is 9.53 Å². The minimum atomic E-state index is -0.576. The Hall–Kier alpha value is -1.30. The number of rotatable bonds is 7. The number of carbonyl (C=O) groups is 1. The number of methoxy groups -OCH3 is 1. The van der Waals surface area contributed by atoms with Gasteiger partial charge in [0.1, 0.15) is 5.54 Å². The van der Waals surface area contributed by atoms with Crippen molar-refractivity contribution in [2.24, 2.45) is 5.11 Å². The van der Waals surface area contributed by atoms with Crippen molar-refractivity contribution in [3.05, 3.63) is 10.4 Å². The normalized spacial score (nSPS) is 27.0. The summed E-state index contributed by atoms with van der Waals surface area (Å²) in [6.07, 6.45) is 4.01. The zero-order valence-corrected chi connectivity index (χ0v) is 11.3. The Labute approximate surface area is 112 Å². The van der Waals surface area contributed by atoms with Gasteiger partial charge in [0.2, 0.25) is 0 Å². The highest BCUT2D eigenvalue weighted by Gasteiger charge is 2.48. The van der Waals surface area contributed by atoms with E-state index in [1.807, 2.05) is 0 Å². The molecule has 0 amide bonds. The van der Waals surface area contributed by atoms with Gasteiger partial charge in [0.15, 0.2) is 0 Å². The molecule has 0 spiro atoms. The van der Waals surface area contributed by atoms with Crippen LogP contribution in [0.3, 0.4) is 0 Å². The molecule has 0 radical (unpaired) electrons. The van der Waals surface area contributed by atoms with E-state index in [-0.39, 0.29) is 5.97 Å². The number of likely N-dealkylation sites (tertiary alicyclic amines) is 1. The van der Waals surface area contributed by atoms with E-state index in [2.05, 4.69) is 20.2 Å². The lowest BCUT2D eigenvalue weighted by Crippen LogP contribution is -2.55. The number of esters is 1. The van der Waals surface area contributed by atoms with E-state index in [0.29, 0.717) is 19.1 Å². The average Bonchev–Trinajstić information content (AvgIpc) is 3.19. The molecule has 7 heteroatoms. The number of nitrogens with zero attached hydrogens (tertiary/aromatic N) is 4. The molecule has 0 aromatic heterocycles. The fourth-order valence-corrected chi connectivity index (χ4v) is 2.69. The van der Waals surface area contributed by atoms with E-state index in [1.54, 1.807) is 0 Å². The predicted molar refractivity (Wildman–Crippen MR) is 70.6 cm³/mol. The minimum absolute atomic E-state index is 0.181. The highest BCUT2D eigenvalue weighted by atomic mass is 16.5. The van der Waals surface area contributed by atoms with Gasteiger partial charge >= 0.3 is 5.97 Å². The summed E-state index contributed by atoms with van der Waals surface area (Å²) in [4.78, 5) is 17.1. The van der Waals surface area contributed by atoms with Crippen molar-refractivity contribution < 1.29 is 9.53 Å². The van der Waals surface area contributed by atoms with Crippen molar-refractivity contribution >= 4 is 5.97 Å². The molecule has 2 aliphatic rings. The molecule has 1 saturated heterocycles. The molecule has 0 aromatic carbocycles. The molecule has 106 valence electrons. The van der Waals surface area contributed by atoms with Crippen molar-refractivity contribution in [3.63, 3.8) is 0 Å². The van der Waals surface area contributed by atoms with E-state index in [9.17, 15) is 4.79 Å². The van der Waals surface area contributed by atoms with Gasteiger partial charge in [0.25, 0.3) is 0 Å². The summed E-state index contributed by atoms with van der Waals surface area (Å²) in [5.74, 6) is -0.181. The summed E-state index contributed by atoms with van der Waals surface area (Å²) < 4.78 is 4.95. The average molecular weight is 267 g/mol. The third-order valence-electron chi connectivity index (χ3n) is 3.90. The van der Waals surface area contributed by atoms with Gasteiger partial charge in [-0.2, -0.15) is 0 Å². The van der Waals surface area contributed by atoms with Crippen LogP contribution >= 0.6 is 0 Å². The van der Waals surface area contributed by atoms with Crippen molar-refractivity contribution in [3.8, 4) is 0 Å². The van der Waals surface area contributed by atoms with Gasteiger partial charge in [0.05, 0.1) is 7.11 Å². The topological polar surface area (TPSA) is 90.3 Å². The van der Waals surface area contributed by atoms with Crippen LogP contribution in [0.2, 0.25) is 0 Å². The second-order valence-electron chi connectivity index (χ2n) is 5.26. The fourth-order valence-electron chi connectivity index (χ4n) is 2.69. The van der Waals surface area contributed by atoms with Crippen molar-refractivity contribution in [2.75, 3.05) is 33.3 Å². The van der Waals surface area contributed by atoms with Crippen LogP contribution in [0.25, 0.3) is 10.4 Å². The summed E-state index contributed by atoms with van der Waals surface area (Å²) in [6, 6.07) is 0.663. The monoisotopic (exact) mass is 267 g/mol. The van der Waals surface area contributed by atoms with E-state index >= 15 is 0 Å². The minimum Gasteiger partial charge on any atom is -0.468 e. The third-order valence-corrected chi connectivity index (χ3v) is 3.90. The number of ether oxygens (including phenoxy) is 1. The maximum absolute atomic E-state index is 12.1. The first-order valence-electron chi connectivity index (χ1n) is 6.80. The summed E-state index contributed by atoms with van der Waals surface area (Å²) in [5, 5.41) is 6.81. The van der Waals surface area contributed by atoms with Crippen LogP contribution in [0.4, 0.5) is 0 Å². The van der Waals surface area contributed by atoms with Gasteiger partial charge in [-0.05, 0) is 37.8 Å². The lowest BCUT2D eigenvalue weighted by atomic mass is 9.98. The van der Waals surface area contributed by atoms with Gasteiger partial charge in [-0.15, -0.1) is 0 Å². The van der Waals surface area contributed by atoms with E-state index in [1.165, 1.54) is 20.0 Å². The first-order chi connectivity index (χ1) is 9.22. The molecule has 2 fully saturated rings. The first-order valence-corrected chi connectivity index (χ1v) is 6.80. The Bertz CT molecular complexity index is 378. The molecule has 2 rings (SSSR count). The van der Waals surface area contributed by atoms with E-state index < -0.39 is 5.54 Å². The zero-order chi connectivity index (χ0) is 13.7. The van der Waals surface area contributed by atoms with Gasteiger partial charge < -0.3 is 10.1 Å². The molecule has 1 aliphatic carbocycles. The highest BCUT2D eigenvalue weighted by molar-refractivity contribution is 5.81. The molecule has 1 unspecified atom stereocenters. The van der Waals surface area contributed by atoms with E-state index in [0.717, 1.165) is 25.9 Å². The summed E-state index contributed by atoms with van der Waals surface area (Å²) in [6.45, 7) is 2.79. The largest absolute Gasteiger partial charge is 0.468 e. The molecule has 1 N–H and O–H groups in total. The van der Waals surface area contributed by atoms with E-state index in [4.69, 9.17) is 10.3 Å². The number of azide groups is 1. The zero-order valence-electron chi connectivity index (χ0n) is 11.3. The van der Waals surface area contributed by atoms with Crippen molar-refractivity contribution in [1.29, 1.82) is 0 Å². The molecular weight excluding hydrogens is 246 g/mol. The molecule has 1 saturated carbocycles. The van der Waals surface area contributed by atoms with Crippen LogP contribution in [0.5, 0.6) is 0 Å². The highest BCUT2D eigenvalue weighted by Crippen LogP contribution is 2.33. The Kier molecular flexibility index (Phi) is 4.63. The van der Waals surface area contributed by atoms with Crippen LogP contribution in [-0.4, -0.2) is 55.7 Å². The summed E-state index contributed by atoms with van der Waals surface area (Å²) in [7, 11) is 1.44. The SMILES string of the molecule is COC(=O)C1(NCCCN=[N+]=[N-])CCN(C2CC2)C1. The third kappa shape index (κ3) is 3.37. The molecule has 19 heavy (non-hydrogen) atoms. The van der Waals surface area contributed by atoms with Crippen molar-refractivity contribution in [1.82, 2.24) is 10.2 Å². The maximum atomic E-state index is 12.1. The van der Waals surface area contributed by atoms with Crippen LogP contribution in [0, 0.1) is 0 Å². The lowest BCUT2D eigenvalue weighted by molar-refractivity contribution is -0.148. The van der Waals surface area contributed by atoms with Crippen LogP contribution in [0.15, 0.2) is 5.11 Å². The van der Waals surface area contributed by atoms with Crippen molar-refractivity contribution in [2.45, 2.75) is 37.3 Å². The number of carbonyl (C=O) groups excluding carboxylic acids is 1. The molecule has 0 bridgehead atoms. The molecule has 1 aliphatic heterocycles. The van der Waals surface area contributed by atoms with Gasteiger partial charge in [-0.25, -0.2) is 0 Å². The van der Waals surface area contributed by atoms with Gasteiger partial charge in [-0.3, -0.25) is 9.69 Å². The Morgan fingerprint density at radius 1 is 1.63 bits per heavy atom. The van der Waals surface area contributed by atoms with Crippen LogP contribution < -0.4 is 5.32 Å². The number of hydrogen-bond acceptors (Lipinski definition) is 5. The molecule has 0 aromatic rings. The Balaban J connectivity index is 1.88. The predicted octanol–water partition coefficient (Wildman–Crippen LogP) is 1.06. The number of hydrogen-bond donors (Lipinski definition) is 1. The molecule has 1 heterocycles. The fraction of sp³-hybridized carbons (Fsp3) is 0.917. The molecule has 7 nitrogen and oxygen atoms in total. The van der Waals surface area contributed by atoms with Gasteiger partial charge in [0, 0.05) is 30.6 Å². The number of nitrogens with one attached hydrogen (secondary N) is 1.